The van der Waals surface area contributed by atoms with Gasteiger partial charge in [-0.1, -0.05) is 47.1 Å². The van der Waals surface area contributed by atoms with E-state index in [1.54, 1.807) is 12.4 Å². The standard InChI is InChI=1S/C23H25N3O/c1-17-5-4-6-20(15-17)22(18-7-9-21(10-8-18)26(2)3)16-23(25-27)19-11-13-24-14-12-19/h4-15,22,27H,16H2,1-3H3. The summed E-state index contributed by atoms with van der Waals surface area (Å²) in [6.45, 7) is 2.10. The average molecular weight is 359 g/mol. The van der Waals surface area contributed by atoms with Gasteiger partial charge in [-0.25, -0.2) is 0 Å². The Morgan fingerprint density at radius 1 is 1.00 bits per heavy atom. The molecule has 0 fully saturated rings. The first kappa shape index (κ1) is 18.6. The number of rotatable bonds is 6. The SMILES string of the molecule is Cc1cccc(C(CC(=NO)c2ccncc2)c2ccc(N(C)C)cc2)c1. The number of benzene rings is 2. The molecule has 0 saturated carbocycles. The number of hydrogen-bond acceptors (Lipinski definition) is 4. The van der Waals surface area contributed by atoms with Crippen molar-refractivity contribution in [2.24, 2.45) is 5.16 Å². The van der Waals surface area contributed by atoms with Gasteiger partial charge < -0.3 is 10.1 Å². The molecule has 3 aromatic rings. The lowest BCUT2D eigenvalue weighted by Gasteiger charge is -2.21. The molecule has 1 aromatic heterocycles. The molecule has 0 amide bonds. The molecule has 0 aliphatic heterocycles. The van der Waals surface area contributed by atoms with Crippen molar-refractivity contribution in [1.29, 1.82) is 0 Å². The minimum atomic E-state index is 0.0974. The van der Waals surface area contributed by atoms with Gasteiger partial charge in [-0.15, -0.1) is 0 Å². The van der Waals surface area contributed by atoms with Gasteiger partial charge in [0.25, 0.3) is 0 Å². The Labute approximate surface area is 160 Å². The summed E-state index contributed by atoms with van der Waals surface area (Å²) < 4.78 is 0. The molecule has 4 nitrogen and oxygen atoms in total. The second-order valence-corrected chi connectivity index (χ2v) is 6.94. The molecule has 1 unspecified atom stereocenters. The number of oxime groups is 1. The Balaban J connectivity index is 1.99. The van der Waals surface area contributed by atoms with Crippen molar-refractivity contribution < 1.29 is 5.21 Å². The highest BCUT2D eigenvalue weighted by Crippen LogP contribution is 2.31. The van der Waals surface area contributed by atoms with E-state index in [9.17, 15) is 5.21 Å². The van der Waals surface area contributed by atoms with Crippen LogP contribution >= 0.6 is 0 Å². The van der Waals surface area contributed by atoms with E-state index in [0.717, 1.165) is 11.3 Å². The van der Waals surface area contributed by atoms with Crippen molar-refractivity contribution >= 4 is 11.4 Å². The van der Waals surface area contributed by atoms with Crippen LogP contribution in [0.2, 0.25) is 0 Å². The van der Waals surface area contributed by atoms with Crippen LogP contribution in [0.4, 0.5) is 5.69 Å². The van der Waals surface area contributed by atoms with Crippen molar-refractivity contribution in [2.45, 2.75) is 19.3 Å². The van der Waals surface area contributed by atoms with E-state index in [0.29, 0.717) is 12.1 Å². The van der Waals surface area contributed by atoms with Gasteiger partial charge in [0, 0.05) is 50.1 Å². The maximum Gasteiger partial charge on any atom is 0.0878 e. The van der Waals surface area contributed by atoms with E-state index < -0.39 is 0 Å². The van der Waals surface area contributed by atoms with Crippen LogP contribution in [-0.2, 0) is 0 Å². The fourth-order valence-electron chi connectivity index (χ4n) is 3.27. The van der Waals surface area contributed by atoms with E-state index in [2.05, 4.69) is 70.5 Å². The van der Waals surface area contributed by atoms with Gasteiger partial charge in [-0.3, -0.25) is 4.98 Å². The molecule has 3 rings (SSSR count). The first-order valence-corrected chi connectivity index (χ1v) is 9.03. The molecule has 0 bridgehead atoms. The highest BCUT2D eigenvalue weighted by molar-refractivity contribution is 6.00. The zero-order valence-corrected chi connectivity index (χ0v) is 16.0. The minimum absolute atomic E-state index is 0.0974. The lowest BCUT2D eigenvalue weighted by molar-refractivity contribution is 0.317. The van der Waals surface area contributed by atoms with Gasteiger partial charge in [-0.2, -0.15) is 0 Å². The van der Waals surface area contributed by atoms with Gasteiger partial charge >= 0.3 is 0 Å². The molecule has 1 heterocycles. The van der Waals surface area contributed by atoms with Crippen LogP contribution < -0.4 is 4.90 Å². The largest absolute Gasteiger partial charge is 0.411 e. The van der Waals surface area contributed by atoms with Crippen molar-refractivity contribution in [3.8, 4) is 0 Å². The molecular weight excluding hydrogens is 334 g/mol. The number of aromatic nitrogens is 1. The highest BCUT2D eigenvalue weighted by atomic mass is 16.4. The molecule has 0 aliphatic carbocycles. The summed E-state index contributed by atoms with van der Waals surface area (Å²) in [5, 5.41) is 13.3. The molecule has 0 saturated heterocycles. The van der Waals surface area contributed by atoms with Crippen LogP contribution in [0.15, 0.2) is 78.2 Å². The Hall–Kier alpha value is -3.14. The molecule has 0 aliphatic rings. The minimum Gasteiger partial charge on any atom is -0.411 e. The molecule has 1 atom stereocenters. The Morgan fingerprint density at radius 3 is 2.30 bits per heavy atom. The molecule has 4 heteroatoms. The second kappa shape index (κ2) is 8.49. The lowest BCUT2D eigenvalue weighted by Crippen LogP contribution is -2.12. The summed E-state index contributed by atoms with van der Waals surface area (Å²) in [5.41, 5.74) is 6.32. The molecule has 0 spiro atoms. The predicted molar refractivity (Wildman–Crippen MR) is 111 cm³/mol. The third kappa shape index (κ3) is 4.53. The fraction of sp³-hybridized carbons (Fsp3) is 0.217. The van der Waals surface area contributed by atoms with Gasteiger partial charge in [0.1, 0.15) is 0 Å². The van der Waals surface area contributed by atoms with Crippen LogP contribution in [0.25, 0.3) is 0 Å². The second-order valence-electron chi connectivity index (χ2n) is 6.94. The third-order valence-electron chi connectivity index (χ3n) is 4.79. The number of aryl methyl sites for hydroxylation is 1. The molecule has 1 N–H and O–H groups in total. The summed E-state index contributed by atoms with van der Waals surface area (Å²) in [7, 11) is 4.07. The van der Waals surface area contributed by atoms with E-state index in [1.807, 2.05) is 26.2 Å². The van der Waals surface area contributed by atoms with Crippen LogP contribution in [0, 0.1) is 6.92 Å². The summed E-state index contributed by atoms with van der Waals surface area (Å²) in [5.74, 6) is 0.0974. The smallest absolute Gasteiger partial charge is 0.0878 e. The zero-order valence-electron chi connectivity index (χ0n) is 16.0. The summed E-state index contributed by atoms with van der Waals surface area (Å²) in [4.78, 5) is 6.14. The quantitative estimate of drug-likeness (QED) is 0.388. The van der Waals surface area contributed by atoms with E-state index in [4.69, 9.17) is 0 Å². The zero-order chi connectivity index (χ0) is 19.2. The fourth-order valence-corrected chi connectivity index (χ4v) is 3.27. The molecule has 27 heavy (non-hydrogen) atoms. The monoisotopic (exact) mass is 359 g/mol. The Kier molecular flexibility index (Phi) is 5.87. The number of anilines is 1. The molecular formula is C23H25N3O. The van der Waals surface area contributed by atoms with Crippen molar-refractivity contribution in [3.05, 3.63) is 95.3 Å². The van der Waals surface area contributed by atoms with Gasteiger partial charge in [0.15, 0.2) is 0 Å². The van der Waals surface area contributed by atoms with Crippen molar-refractivity contribution in [2.75, 3.05) is 19.0 Å². The topological polar surface area (TPSA) is 48.7 Å². The summed E-state index contributed by atoms with van der Waals surface area (Å²) in [6.07, 6.45) is 4.04. The van der Waals surface area contributed by atoms with Gasteiger partial charge in [-0.05, 0) is 42.3 Å². The first-order valence-electron chi connectivity index (χ1n) is 9.03. The average Bonchev–Trinajstić information content (AvgIpc) is 2.69. The van der Waals surface area contributed by atoms with E-state index in [-0.39, 0.29) is 5.92 Å². The van der Waals surface area contributed by atoms with Crippen LogP contribution in [-0.4, -0.2) is 30.0 Å². The van der Waals surface area contributed by atoms with E-state index in [1.165, 1.54) is 16.7 Å². The Morgan fingerprint density at radius 2 is 1.70 bits per heavy atom. The van der Waals surface area contributed by atoms with E-state index >= 15 is 0 Å². The summed E-state index contributed by atoms with van der Waals surface area (Å²) in [6, 6.07) is 20.8. The maximum absolute atomic E-state index is 9.65. The van der Waals surface area contributed by atoms with Gasteiger partial charge in [0.2, 0.25) is 0 Å². The number of pyridine rings is 1. The first-order chi connectivity index (χ1) is 13.1. The van der Waals surface area contributed by atoms with Crippen molar-refractivity contribution in [3.63, 3.8) is 0 Å². The van der Waals surface area contributed by atoms with Crippen LogP contribution in [0.5, 0.6) is 0 Å². The molecule has 138 valence electrons. The normalized spacial score (nSPS) is 12.6. The number of nitrogens with zero attached hydrogens (tertiary/aromatic N) is 3. The molecule has 2 aromatic carbocycles. The third-order valence-corrected chi connectivity index (χ3v) is 4.79. The van der Waals surface area contributed by atoms with Gasteiger partial charge in [0.05, 0.1) is 5.71 Å². The molecule has 0 radical (unpaired) electrons. The summed E-state index contributed by atoms with van der Waals surface area (Å²) >= 11 is 0. The van der Waals surface area contributed by atoms with Crippen molar-refractivity contribution in [1.82, 2.24) is 4.98 Å². The Bertz CT molecular complexity index is 902. The lowest BCUT2D eigenvalue weighted by atomic mass is 9.85. The number of hydrogen-bond donors (Lipinski definition) is 1. The van der Waals surface area contributed by atoms with Crippen LogP contribution in [0.3, 0.4) is 0 Å². The highest BCUT2D eigenvalue weighted by Gasteiger charge is 2.19. The predicted octanol–water partition coefficient (Wildman–Crippen LogP) is 4.86. The van der Waals surface area contributed by atoms with Crippen LogP contribution in [0.1, 0.15) is 34.6 Å². The maximum atomic E-state index is 9.65.